The fourth-order valence-corrected chi connectivity index (χ4v) is 2.28. The highest BCUT2D eigenvalue weighted by molar-refractivity contribution is 7.09. The van der Waals surface area contributed by atoms with Gasteiger partial charge in [0.05, 0.1) is 5.52 Å². The maximum Gasteiger partial charge on any atom is 0.278 e. The number of hydrogen-bond donors (Lipinski definition) is 3. The molecule has 1 aromatic carbocycles. The summed E-state index contributed by atoms with van der Waals surface area (Å²) >= 11 is 1.13. The van der Waals surface area contributed by atoms with Crippen molar-refractivity contribution in [2.24, 2.45) is 0 Å². The summed E-state index contributed by atoms with van der Waals surface area (Å²) < 4.78 is 4.00. The number of aryl methyl sites for hydroxylation is 1. The molecule has 3 aromatic rings. The van der Waals surface area contributed by atoms with Crippen LogP contribution in [0, 0.1) is 6.92 Å². The number of carbonyl (C=O) groups excluding carboxylic acids is 1. The zero-order chi connectivity index (χ0) is 13.4. The zero-order valence-corrected chi connectivity index (χ0v) is 10.8. The highest BCUT2D eigenvalue weighted by Gasteiger charge is 2.15. The van der Waals surface area contributed by atoms with Gasteiger partial charge in [0.25, 0.3) is 5.91 Å². The molecule has 0 fully saturated rings. The minimum absolute atomic E-state index is 0.287. The molecule has 0 spiro atoms. The van der Waals surface area contributed by atoms with E-state index in [1.165, 1.54) is 0 Å². The topological polar surface area (TPSA) is 110 Å². The first-order valence-electron chi connectivity index (χ1n) is 5.49. The first-order valence-corrected chi connectivity index (χ1v) is 6.26. The molecular formula is C11H10N6OS. The summed E-state index contributed by atoms with van der Waals surface area (Å²) in [5.41, 5.74) is 7.34. The predicted octanol–water partition coefficient (Wildman–Crippen LogP) is 1.56. The third-order valence-corrected chi connectivity index (χ3v) is 3.27. The highest BCUT2D eigenvalue weighted by atomic mass is 32.1. The predicted molar refractivity (Wildman–Crippen MR) is 73.1 cm³/mol. The van der Waals surface area contributed by atoms with Gasteiger partial charge in [-0.1, -0.05) is 0 Å². The van der Waals surface area contributed by atoms with Gasteiger partial charge in [0.15, 0.2) is 5.69 Å². The molecule has 8 heteroatoms. The minimum atomic E-state index is -0.340. The van der Waals surface area contributed by atoms with Crippen LogP contribution < -0.4 is 11.1 Å². The van der Waals surface area contributed by atoms with Crippen molar-refractivity contribution in [2.75, 3.05) is 11.1 Å². The van der Waals surface area contributed by atoms with E-state index >= 15 is 0 Å². The second-order valence-corrected chi connectivity index (χ2v) is 4.73. The summed E-state index contributed by atoms with van der Waals surface area (Å²) in [6.07, 6.45) is 0. The smallest absolute Gasteiger partial charge is 0.278 e. The van der Waals surface area contributed by atoms with E-state index in [-0.39, 0.29) is 11.6 Å². The Kier molecular flexibility index (Phi) is 2.64. The van der Waals surface area contributed by atoms with Crippen LogP contribution in [0.1, 0.15) is 16.3 Å². The number of nitrogens with two attached hydrogens (primary N) is 1. The number of nitrogens with zero attached hydrogens (tertiary/aromatic N) is 3. The lowest BCUT2D eigenvalue weighted by Crippen LogP contribution is -2.12. The van der Waals surface area contributed by atoms with Crippen molar-refractivity contribution >= 4 is 39.2 Å². The molecule has 1 amide bonds. The van der Waals surface area contributed by atoms with E-state index in [1.54, 1.807) is 25.1 Å². The van der Waals surface area contributed by atoms with Crippen molar-refractivity contribution in [2.45, 2.75) is 6.92 Å². The molecule has 96 valence electrons. The van der Waals surface area contributed by atoms with Crippen molar-refractivity contribution in [1.29, 1.82) is 0 Å². The number of fused-ring (bicyclic) bond motifs is 1. The van der Waals surface area contributed by atoms with Gasteiger partial charge in [-0.2, -0.15) is 9.47 Å². The quantitative estimate of drug-likeness (QED) is 0.614. The van der Waals surface area contributed by atoms with E-state index in [0.717, 1.165) is 17.0 Å². The van der Waals surface area contributed by atoms with Gasteiger partial charge in [-0.25, -0.2) is 4.98 Å². The Labute approximate surface area is 112 Å². The number of nitrogens with one attached hydrogen (secondary N) is 2. The summed E-state index contributed by atoms with van der Waals surface area (Å²) in [4.78, 5) is 16.2. The number of nitrogen functional groups attached to an aromatic ring is 1. The van der Waals surface area contributed by atoms with Crippen LogP contribution in [0.4, 0.5) is 10.8 Å². The first-order chi connectivity index (χ1) is 9.13. The number of aromatic amines is 1. The van der Waals surface area contributed by atoms with Crippen LogP contribution >= 0.6 is 11.5 Å². The highest BCUT2D eigenvalue weighted by Crippen LogP contribution is 2.20. The van der Waals surface area contributed by atoms with Crippen LogP contribution in [0.5, 0.6) is 0 Å². The maximum absolute atomic E-state index is 12.1. The molecule has 0 unspecified atom stereocenters. The fourth-order valence-electron chi connectivity index (χ4n) is 1.71. The molecule has 0 aliphatic heterocycles. The average Bonchev–Trinajstić information content (AvgIpc) is 2.95. The standard InChI is InChI=1S/C11H10N6OS/c1-5-13-11(19-17-5)14-10(18)9-7-4-6(12)2-3-8(7)15-16-9/h2-4H,12H2,1H3,(H,15,16)(H,13,14,17,18). The van der Waals surface area contributed by atoms with Crippen molar-refractivity contribution in [3.05, 3.63) is 29.7 Å². The van der Waals surface area contributed by atoms with Crippen LogP contribution in [0.15, 0.2) is 18.2 Å². The van der Waals surface area contributed by atoms with E-state index in [1.807, 2.05) is 0 Å². The van der Waals surface area contributed by atoms with Crippen LogP contribution in [-0.4, -0.2) is 25.5 Å². The molecule has 0 saturated heterocycles. The number of rotatable bonds is 2. The van der Waals surface area contributed by atoms with Crippen LogP contribution in [0.3, 0.4) is 0 Å². The lowest BCUT2D eigenvalue weighted by molar-refractivity contribution is 0.102. The summed E-state index contributed by atoms with van der Waals surface area (Å²) in [7, 11) is 0. The zero-order valence-electron chi connectivity index (χ0n) is 9.97. The number of hydrogen-bond acceptors (Lipinski definition) is 6. The number of H-pyrrole nitrogens is 1. The average molecular weight is 274 g/mol. The van der Waals surface area contributed by atoms with Crippen molar-refractivity contribution in [3.8, 4) is 0 Å². The van der Waals surface area contributed by atoms with Crippen LogP contribution in [0.2, 0.25) is 0 Å². The van der Waals surface area contributed by atoms with Crippen LogP contribution in [0.25, 0.3) is 10.9 Å². The molecule has 0 aliphatic carbocycles. The van der Waals surface area contributed by atoms with Gasteiger partial charge >= 0.3 is 0 Å². The molecule has 2 heterocycles. The van der Waals surface area contributed by atoms with Gasteiger partial charge in [-0.15, -0.1) is 0 Å². The molecule has 0 bridgehead atoms. The lowest BCUT2D eigenvalue weighted by atomic mass is 10.2. The van der Waals surface area contributed by atoms with Gasteiger partial charge < -0.3 is 5.73 Å². The molecule has 4 N–H and O–H groups in total. The summed E-state index contributed by atoms with van der Waals surface area (Å²) in [6.45, 7) is 1.76. The van der Waals surface area contributed by atoms with E-state index in [0.29, 0.717) is 22.0 Å². The summed E-state index contributed by atoms with van der Waals surface area (Å²) in [5.74, 6) is 0.282. The van der Waals surface area contributed by atoms with Crippen molar-refractivity contribution < 1.29 is 4.79 Å². The molecule has 0 atom stereocenters. The molecule has 7 nitrogen and oxygen atoms in total. The monoisotopic (exact) mass is 274 g/mol. The van der Waals surface area contributed by atoms with Crippen LogP contribution in [-0.2, 0) is 0 Å². The second kappa shape index (κ2) is 4.32. The third kappa shape index (κ3) is 2.13. The van der Waals surface area contributed by atoms with E-state index in [2.05, 4.69) is 24.9 Å². The largest absolute Gasteiger partial charge is 0.399 e. The Morgan fingerprint density at radius 1 is 1.47 bits per heavy atom. The Bertz CT molecular complexity index is 761. The number of carbonyl (C=O) groups is 1. The molecule has 0 radical (unpaired) electrons. The minimum Gasteiger partial charge on any atom is -0.399 e. The van der Waals surface area contributed by atoms with E-state index in [4.69, 9.17) is 5.73 Å². The molecule has 0 aliphatic rings. The fraction of sp³-hybridized carbons (Fsp3) is 0.0909. The maximum atomic E-state index is 12.1. The van der Waals surface area contributed by atoms with Gasteiger partial charge in [-0.3, -0.25) is 15.2 Å². The van der Waals surface area contributed by atoms with Gasteiger partial charge in [0.1, 0.15) is 5.82 Å². The number of aromatic nitrogens is 4. The van der Waals surface area contributed by atoms with Crippen molar-refractivity contribution in [3.63, 3.8) is 0 Å². The summed E-state index contributed by atoms with van der Waals surface area (Å²) in [6, 6.07) is 5.24. The Hall–Kier alpha value is -2.48. The number of benzene rings is 1. The van der Waals surface area contributed by atoms with Gasteiger partial charge in [0.2, 0.25) is 5.13 Å². The molecule has 0 saturated carbocycles. The normalized spacial score (nSPS) is 10.8. The van der Waals surface area contributed by atoms with Crippen molar-refractivity contribution in [1.82, 2.24) is 19.6 Å². The van der Waals surface area contributed by atoms with E-state index in [9.17, 15) is 4.79 Å². The Morgan fingerprint density at radius 2 is 2.32 bits per heavy atom. The van der Waals surface area contributed by atoms with E-state index < -0.39 is 0 Å². The first kappa shape index (κ1) is 11.6. The SMILES string of the molecule is Cc1nsc(NC(=O)c2n[nH]c3ccc(N)cc23)n1. The molecular weight excluding hydrogens is 264 g/mol. The third-order valence-electron chi connectivity index (χ3n) is 2.55. The molecule has 2 aromatic heterocycles. The second-order valence-electron chi connectivity index (χ2n) is 3.98. The van der Waals surface area contributed by atoms with Gasteiger partial charge in [-0.05, 0) is 25.1 Å². The molecule has 19 heavy (non-hydrogen) atoms. The number of amides is 1. The Morgan fingerprint density at radius 3 is 3.05 bits per heavy atom. The molecule has 3 rings (SSSR count). The Balaban J connectivity index is 1.95. The van der Waals surface area contributed by atoms with Gasteiger partial charge in [0, 0.05) is 22.6 Å². The number of anilines is 2. The summed E-state index contributed by atoms with van der Waals surface area (Å²) in [5, 5.41) is 10.6. The lowest BCUT2D eigenvalue weighted by Gasteiger charge is -1.98.